The molecule has 0 fully saturated rings. The Morgan fingerprint density at radius 3 is 2.50 bits per heavy atom. The van der Waals surface area contributed by atoms with Crippen molar-refractivity contribution in [3.05, 3.63) is 77.5 Å². The molecule has 0 bridgehead atoms. The Labute approximate surface area is 154 Å². The van der Waals surface area contributed by atoms with Gasteiger partial charge in [0.15, 0.2) is 0 Å². The topological polar surface area (TPSA) is 59.1 Å². The average Bonchev–Trinajstić information content (AvgIpc) is 2.67. The minimum Gasteiger partial charge on any atom is -0.496 e. The Morgan fingerprint density at radius 2 is 1.69 bits per heavy atom. The SMILES string of the molecule is COc1ccccc1CCNc1nc(C)cc(NCc2ccccc2)n1. The van der Waals surface area contributed by atoms with Crippen molar-refractivity contribution in [3.8, 4) is 5.75 Å². The molecule has 2 N–H and O–H groups in total. The smallest absolute Gasteiger partial charge is 0.224 e. The highest BCUT2D eigenvalue weighted by Crippen LogP contribution is 2.18. The number of para-hydroxylation sites is 1. The van der Waals surface area contributed by atoms with E-state index in [-0.39, 0.29) is 0 Å². The molecule has 3 rings (SSSR count). The quantitative estimate of drug-likeness (QED) is 0.643. The second-order valence-electron chi connectivity index (χ2n) is 6.05. The maximum atomic E-state index is 5.39. The van der Waals surface area contributed by atoms with Crippen molar-refractivity contribution < 1.29 is 4.74 Å². The number of aryl methyl sites for hydroxylation is 1. The predicted octanol–water partition coefficient (Wildman–Crippen LogP) is 4.06. The van der Waals surface area contributed by atoms with Gasteiger partial charge in [-0.3, -0.25) is 0 Å². The van der Waals surface area contributed by atoms with Crippen molar-refractivity contribution in [1.29, 1.82) is 0 Å². The third-order valence-corrected chi connectivity index (χ3v) is 4.04. The molecule has 1 heterocycles. The van der Waals surface area contributed by atoms with Crippen molar-refractivity contribution in [1.82, 2.24) is 9.97 Å². The minimum atomic E-state index is 0.635. The van der Waals surface area contributed by atoms with Crippen LogP contribution in [0.5, 0.6) is 5.75 Å². The standard InChI is InChI=1S/C21H24N4O/c1-16-14-20(23-15-17-8-4-3-5-9-17)25-21(24-16)22-13-12-18-10-6-7-11-19(18)26-2/h3-11,14H,12-13,15H2,1-2H3,(H2,22,23,24,25). The predicted molar refractivity (Wildman–Crippen MR) is 106 cm³/mol. The van der Waals surface area contributed by atoms with Crippen LogP contribution in [-0.2, 0) is 13.0 Å². The number of benzene rings is 2. The average molecular weight is 348 g/mol. The molecule has 26 heavy (non-hydrogen) atoms. The molecule has 134 valence electrons. The molecule has 0 unspecified atom stereocenters. The molecule has 1 aromatic heterocycles. The Hall–Kier alpha value is -3.08. The van der Waals surface area contributed by atoms with Crippen LogP contribution >= 0.6 is 0 Å². The molecule has 0 saturated carbocycles. The van der Waals surface area contributed by atoms with Gasteiger partial charge in [-0.2, -0.15) is 4.98 Å². The van der Waals surface area contributed by atoms with Gasteiger partial charge in [0.2, 0.25) is 5.95 Å². The molecule has 0 aliphatic rings. The van der Waals surface area contributed by atoms with Crippen molar-refractivity contribution in [2.45, 2.75) is 19.9 Å². The molecule has 0 spiro atoms. The van der Waals surface area contributed by atoms with Gasteiger partial charge in [-0.25, -0.2) is 4.98 Å². The maximum Gasteiger partial charge on any atom is 0.224 e. The summed E-state index contributed by atoms with van der Waals surface area (Å²) in [5.74, 6) is 2.36. The number of hydrogen-bond acceptors (Lipinski definition) is 5. The first kappa shape index (κ1) is 17.7. The molecular weight excluding hydrogens is 324 g/mol. The fourth-order valence-corrected chi connectivity index (χ4v) is 2.75. The summed E-state index contributed by atoms with van der Waals surface area (Å²) in [5.41, 5.74) is 3.31. The summed E-state index contributed by atoms with van der Waals surface area (Å²) < 4.78 is 5.39. The van der Waals surface area contributed by atoms with Crippen LogP contribution in [-0.4, -0.2) is 23.6 Å². The van der Waals surface area contributed by atoms with Gasteiger partial charge in [-0.1, -0.05) is 48.5 Å². The van der Waals surface area contributed by atoms with Gasteiger partial charge in [0, 0.05) is 24.8 Å². The fourth-order valence-electron chi connectivity index (χ4n) is 2.75. The number of nitrogens with zero attached hydrogens (tertiary/aromatic N) is 2. The summed E-state index contributed by atoms with van der Waals surface area (Å²) in [6.45, 7) is 3.45. The third kappa shape index (κ3) is 4.96. The molecule has 5 nitrogen and oxygen atoms in total. The van der Waals surface area contributed by atoms with Crippen LogP contribution in [0.1, 0.15) is 16.8 Å². The molecule has 0 radical (unpaired) electrons. The van der Waals surface area contributed by atoms with E-state index in [9.17, 15) is 0 Å². The van der Waals surface area contributed by atoms with Crippen LogP contribution in [0.4, 0.5) is 11.8 Å². The molecule has 0 saturated heterocycles. The summed E-state index contributed by atoms with van der Waals surface area (Å²) >= 11 is 0. The zero-order valence-corrected chi connectivity index (χ0v) is 15.2. The van der Waals surface area contributed by atoms with E-state index in [4.69, 9.17) is 4.74 Å². The summed E-state index contributed by atoms with van der Waals surface area (Å²) in [5, 5.41) is 6.66. The maximum absolute atomic E-state index is 5.39. The minimum absolute atomic E-state index is 0.635. The van der Waals surface area contributed by atoms with Gasteiger partial charge in [0.25, 0.3) is 0 Å². The Kier molecular flexibility index (Phi) is 6.04. The zero-order chi connectivity index (χ0) is 18.2. The van der Waals surface area contributed by atoms with Crippen LogP contribution in [0.25, 0.3) is 0 Å². The van der Waals surface area contributed by atoms with E-state index in [2.05, 4.69) is 38.8 Å². The third-order valence-electron chi connectivity index (χ3n) is 4.04. The van der Waals surface area contributed by atoms with Crippen LogP contribution in [0.15, 0.2) is 60.7 Å². The van der Waals surface area contributed by atoms with Crippen molar-refractivity contribution in [2.75, 3.05) is 24.3 Å². The highest BCUT2D eigenvalue weighted by molar-refractivity contribution is 5.43. The van der Waals surface area contributed by atoms with Gasteiger partial charge in [-0.05, 0) is 30.5 Å². The van der Waals surface area contributed by atoms with E-state index in [1.54, 1.807) is 7.11 Å². The first-order chi connectivity index (χ1) is 12.7. The lowest BCUT2D eigenvalue weighted by molar-refractivity contribution is 0.410. The van der Waals surface area contributed by atoms with E-state index >= 15 is 0 Å². The molecular formula is C21H24N4O. The lowest BCUT2D eigenvalue weighted by Gasteiger charge is -2.11. The second kappa shape index (κ2) is 8.85. The second-order valence-corrected chi connectivity index (χ2v) is 6.05. The molecule has 3 aromatic rings. The first-order valence-electron chi connectivity index (χ1n) is 8.74. The molecule has 0 aliphatic carbocycles. The molecule has 5 heteroatoms. The van der Waals surface area contributed by atoms with E-state index in [0.717, 1.165) is 42.3 Å². The molecule has 0 amide bonds. The molecule has 0 atom stereocenters. The van der Waals surface area contributed by atoms with Gasteiger partial charge in [0.1, 0.15) is 11.6 Å². The molecule has 2 aromatic carbocycles. The van der Waals surface area contributed by atoms with Crippen LogP contribution in [0.3, 0.4) is 0 Å². The van der Waals surface area contributed by atoms with Gasteiger partial charge in [-0.15, -0.1) is 0 Å². The normalized spacial score (nSPS) is 10.4. The van der Waals surface area contributed by atoms with Crippen LogP contribution in [0, 0.1) is 6.92 Å². The summed E-state index contributed by atoms with van der Waals surface area (Å²) in [6.07, 6.45) is 0.841. The van der Waals surface area contributed by atoms with Gasteiger partial charge in [0.05, 0.1) is 7.11 Å². The monoisotopic (exact) mass is 348 g/mol. The van der Waals surface area contributed by atoms with Crippen molar-refractivity contribution in [3.63, 3.8) is 0 Å². The number of hydrogen-bond donors (Lipinski definition) is 2. The first-order valence-corrected chi connectivity index (χ1v) is 8.74. The van der Waals surface area contributed by atoms with Gasteiger partial charge < -0.3 is 15.4 Å². The highest BCUT2D eigenvalue weighted by atomic mass is 16.5. The number of ether oxygens (including phenoxy) is 1. The fraction of sp³-hybridized carbons (Fsp3) is 0.238. The number of anilines is 2. The van der Waals surface area contributed by atoms with E-state index < -0.39 is 0 Å². The van der Waals surface area contributed by atoms with E-state index in [1.165, 1.54) is 5.56 Å². The summed E-state index contributed by atoms with van der Waals surface area (Å²) in [4.78, 5) is 9.03. The summed E-state index contributed by atoms with van der Waals surface area (Å²) in [6, 6.07) is 20.3. The van der Waals surface area contributed by atoms with Crippen molar-refractivity contribution >= 4 is 11.8 Å². The molecule has 0 aliphatic heterocycles. The summed E-state index contributed by atoms with van der Waals surface area (Å²) in [7, 11) is 1.70. The largest absolute Gasteiger partial charge is 0.496 e. The number of aromatic nitrogens is 2. The number of nitrogens with one attached hydrogen (secondary N) is 2. The lowest BCUT2D eigenvalue weighted by Crippen LogP contribution is -2.11. The Balaban J connectivity index is 1.59. The number of rotatable bonds is 8. The van der Waals surface area contributed by atoms with Crippen molar-refractivity contribution in [2.24, 2.45) is 0 Å². The lowest BCUT2D eigenvalue weighted by atomic mass is 10.1. The Bertz CT molecular complexity index is 836. The number of methoxy groups -OCH3 is 1. The van der Waals surface area contributed by atoms with E-state index in [0.29, 0.717) is 5.95 Å². The zero-order valence-electron chi connectivity index (χ0n) is 15.2. The van der Waals surface area contributed by atoms with E-state index in [1.807, 2.05) is 49.4 Å². The van der Waals surface area contributed by atoms with Gasteiger partial charge >= 0.3 is 0 Å². The highest BCUT2D eigenvalue weighted by Gasteiger charge is 2.04. The van der Waals surface area contributed by atoms with Crippen LogP contribution in [0.2, 0.25) is 0 Å². The van der Waals surface area contributed by atoms with Crippen LogP contribution < -0.4 is 15.4 Å². The Morgan fingerprint density at radius 1 is 0.923 bits per heavy atom.